The molecular formula is C13H18N6O4S. The number of rotatable bonds is 4. The molecule has 11 heteroatoms. The van der Waals surface area contributed by atoms with Crippen LogP contribution in [0.2, 0.25) is 0 Å². The maximum atomic E-state index is 12.3. The zero-order chi connectivity index (χ0) is 17.5. The van der Waals surface area contributed by atoms with Gasteiger partial charge < -0.3 is 4.42 Å². The minimum atomic E-state index is -3.44. The largest absolute Gasteiger partial charge is 0.401 e. The Morgan fingerprint density at radius 1 is 1.42 bits per heavy atom. The van der Waals surface area contributed by atoms with E-state index in [9.17, 15) is 13.2 Å². The summed E-state index contributed by atoms with van der Waals surface area (Å²) in [7, 11) is -1.65. The van der Waals surface area contributed by atoms with Crippen molar-refractivity contribution in [1.29, 1.82) is 0 Å². The van der Waals surface area contributed by atoms with Crippen LogP contribution in [0.25, 0.3) is 11.6 Å². The molecule has 130 valence electrons. The fraction of sp³-hybridized carbons (Fsp3) is 0.538. The van der Waals surface area contributed by atoms with Crippen molar-refractivity contribution >= 4 is 21.9 Å². The first-order chi connectivity index (χ1) is 11.3. The average molecular weight is 354 g/mol. The maximum Gasteiger partial charge on any atom is 0.322 e. The first-order valence-electron chi connectivity index (χ1n) is 7.38. The number of amides is 1. The Morgan fingerprint density at radius 2 is 2.17 bits per heavy atom. The lowest BCUT2D eigenvalue weighted by molar-refractivity contribution is -0.119. The van der Waals surface area contributed by atoms with Crippen LogP contribution in [-0.4, -0.2) is 57.5 Å². The number of hydrogen-bond acceptors (Lipinski definition) is 7. The van der Waals surface area contributed by atoms with Crippen molar-refractivity contribution in [3.8, 4) is 11.6 Å². The highest BCUT2D eigenvalue weighted by Crippen LogP contribution is 2.23. The van der Waals surface area contributed by atoms with Crippen LogP contribution in [0, 0.1) is 6.92 Å². The summed E-state index contributed by atoms with van der Waals surface area (Å²) >= 11 is 0. The summed E-state index contributed by atoms with van der Waals surface area (Å²) in [4.78, 5) is 12.3. The van der Waals surface area contributed by atoms with Gasteiger partial charge in [-0.3, -0.25) is 14.8 Å². The fourth-order valence-electron chi connectivity index (χ4n) is 2.63. The Labute approximate surface area is 138 Å². The van der Waals surface area contributed by atoms with E-state index in [0.717, 1.165) is 11.9 Å². The van der Waals surface area contributed by atoms with E-state index in [4.69, 9.17) is 4.42 Å². The second-order valence-corrected chi connectivity index (χ2v) is 7.66. The Hall–Kier alpha value is -2.27. The van der Waals surface area contributed by atoms with Crippen molar-refractivity contribution in [3.05, 3.63) is 11.8 Å². The molecule has 0 aromatic carbocycles. The van der Waals surface area contributed by atoms with Gasteiger partial charge in [0, 0.05) is 19.3 Å². The van der Waals surface area contributed by atoms with Gasteiger partial charge in [0.1, 0.15) is 11.7 Å². The van der Waals surface area contributed by atoms with Crippen molar-refractivity contribution < 1.29 is 17.6 Å². The molecule has 1 aliphatic rings. The van der Waals surface area contributed by atoms with Gasteiger partial charge in [-0.1, -0.05) is 5.10 Å². The summed E-state index contributed by atoms with van der Waals surface area (Å²) in [6.45, 7) is 2.22. The minimum Gasteiger partial charge on any atom is -0.401 e. The SMILES string of the molecule is Cc1cc(-c2nnc(NC(=O)C3CCCN3S(C)(=O)=O)o2)nn1C. The summed E-state index contributed by atoms with van der Waals surface area (Å²) in [6, 6.07) is 0.938. The topological polar surface area (TPSA) is 123 Å². The normalized spacial score (nSPS) is 18.9. The lowest BCUT2D eigenvalue weighted by Crippen LogP contribution is -2.42. The zero-order valence-corrected chi connectivity index (χ0v) is 14.4. The number of carbonyl (C=O) groups is 1. The first kappa shape index (κ1) is 16.6. The summed E-state index contributed by atoms with van der Waals surface area (Å²) in [5.74, 6) is -0.300. The second kappa shape index (κ2) is 5.98. The molecule has 0 aliphatic carbocycles. The molecule has 1 amide bonds. The number of sulfonamides is 1. The molecule has 24 heavy (non-hydrogen) atoms. The van der Waals surface area contributed by atoms with E-state index in [0.29, 0.717) is 25.1 Å². The van der Waals surface area contributed by atoms with Gasteiger partial charge in [-0.25, -0.2) is 8.42 Å². The van der Waals surface area contributed by atoms with E-state index in [-0.39, 0.29) is 11.9 Å². The lowest BCUT2D eigenvalue weighted by atomic mass is 10.2. The highest BCUT2D eigenvalue weighted by atomic mass is 32.2. The predicted octanol–water partition coefficient (Wildman–Crippen LogP) is 0.141. The maximum absolute atomic E-state index is 12.3. The van der Waals surface area contributed by atoms with Crippen LogP contribution in [0.5, 0.6) is 0 Å². The molecule has 1 unspecified atom stereocenters. The Balaban J connectivity index is 1.74. The van der Waals surface area contributed by atoms with Crippen LogP contribution in [0.15, 0.2) is 10.5 Å². The number of aromatic nitrogens is 4. The molecule has 0 radical (unpaired) electrons. The summed E-state index contributed by atoms with van der Waals surface area (Å²) in [6.07, 6.45) is 2.18. The molecule has 1 atom stereocenters. The van der Waals surface area contributed by atoms with Crippen LogP contribution < -0.4 is 5.32 Å². The highest BCUT2D eigenvalue weighted by molar-refractivity contribution is 7.88. The molecule has 3 rings (SSSR count). The number of carbonyl (C=O) groups excluding carboxylic acids is 1. The van der Waals surface area contributed by atoms with Gasteiger partial charge in [-0.2, -0.15) is 9.40 Å². The number of hydrogen-bond donors (Lipinski definition) is 1. The Kier molecular flexibility index (Phi) is 4.13. The first-order valence-corrected chi connectivity index (χ1v) is 9.23. The molecule has 2 aromatic heterocycles. The van der Waals surface area contributed by atoms with Crippen molar-refractivity contribution in [3.63, 3.8) is 0 Å². The van der Waals surface area contributed by atoms with Gasteiger partial charge in [0.25, 0.3) is 5.89 Å². The number of nitrogens with zero attached hydrogens (tertiary/aromatic N) is 5. The lowest BCUT2D eigenvalue weighted by Gasteiger charge is -2.20. The molecule has 1 saturated heterocycles. The molecule has 2 aromatic rings. The van der Waals surface area contributed by atoms with Gasteiger partial charge in [-0.05, 0) is 25.8 Å². The van der Waals surface area contributed by atoms with Gasteiger partial charge in [0.15, 0.2) is 0 Å². The van der Waals surface area contributed by atoms with Crippen LogP contribution in [-0.2, 0) is 21.9 Å². The standard InChI is InChI=1S/C13H18N6O4S/c1-8-7-9(17-18(8)2)12-15-16-13(23-12)14-11(20)10-5-4-6-19(10)24(3,21)22/h7,10H,4-6H2,1-3H3,(H,14,16,20). The third-order valence-corrected chi connectivity index (χ3v) is 5.21. The average Bonchev–Trinajstić information content (AvgIpc) is 3.19. The van der Waals surface area contributed by atoms with E-state index in [1.54, 1.807) is 17.8 Å². The van der Waals surface area contributed by atoms with Crippen molar-refractivity contribution in [2.45, 2.75) is 25.8 Å². The number of anilines is 1. The Morgan fingerprint density at radius 3 is 2.79 bits per heavy atom. The summed E-state index contributed by atoms with van der Waals surface area (Å²) in [5, 5.41) is 14.3. The molecule has 0 spiro atoms. The van der Waals surface area contributed by atoms with E-state index >= 15 is 0 Å². The van der Waals surface area contributed by atoms with Crippen molar-refractivity contribution in [1.82, 2.24) is 24.3 Å². The third-order valence-electron chi connectivity index (χ3n) is 3.92. The van der Waals surface area contributed by atoms with Crippen LogP contribution in [0.4, 0.5) is 6.01 Å². The quantitative estimate of drug-likeness (QED) is 0.828. The zero-order valence-electron chi connectivity index (χ0n) is 13.6. The fourth-order valence-corrected chi connectivity index (χ4v) is 3.75. The monoisotopic (exact) mass is 354 g/mol. The highest BCUT2D eigenvalue weighted by Gasteiger charge is 2.37. The summed E-state index contributed by atoms with van der Waals surface area (Å²) < 4.78 is 31.7. The van der Waals surface area contributed by atoms with E-state index < -0.39 is 22.0 Å². The van der Waals surface area contributed by atoms with Gasteiger partial charge in [0.2, 0.25) is 15.9 Å². The van der Waals surface area contributed by atoms with Crippen molar-refractivity contribution in [2.24, 2.45) is 7.05 Å². The molecule has 1 aliphatic heterocycles. The smallest absolute Gasteiger partial charge is 0.322 e. The van der Waals surface area contributed by atoms with E-state index in [1.807, 2.05) is 6.92 Å². The van der Waals surface area contributed by atoms with Gasteiger partial charge in [-0.15, -0.1) is 5.10 Å². The number of nitrogens with one attached hydrogen (secondary N) is 1. The predicted molar refractivity (Wildman–Crippen MR) is 84.4 cm³/mol. The second-order valence-electron chi connectivity index (χ2n) is 5.73. The number of aryl methyl sites for hydroxylation is 2. The van der Waals surface area contributed by atoms with E-state index in [2.05, 4.69) is 20.6 Å². The molecule has 0 bridgehead atoms. The minimum absolute atomic E-state index is 0.0846. The van der Waals surface area contributed by atoms with Gasteiger partial charge in [0.05, 0.1) is 6.26 Å². The summed E-state index contributed by atoms with van der Waals surface area (Å²) in [5.41, 5.74) is 1.42. The van der Waals surface area contributed by atoms with Crippen LogP contribution in [0.3, 0.4) is 0 Å². The Bertz CT molecular complexity index is 851. The third kappa shape index (κ3) is 3.17. The van der Waals surface area contributed by atoms with Crippen LogP contribution in [0.1, 0.15) is 18.5 Å². The molecule has 1 fully saturated rings. The van der Waals surface area contributed by atoms with Crippen LogP contribution >= 0.6 is 0 Å². The van der Waals surface area contributed by atoms with E-state index in [1.165, 1.54) is 4.31 Å². The van der Waals surface area contributed by atoms with Gasteiger partial charge >= 0.3 is 6.01 Å². The molecular weight excluding hydrogens is 336 g/mol. The molecule has 0 saturated carbocycles. The molecule has 3 heterocycles. The van der Waals surface area contributed by atoms with Crippen molar-refractivity contribution in [2.75, 3.05) is 18.1 Å². The molecule has 10 nitrogen and oxygen atoms in total. The molecule has 1 N–H and O–H groups in total.